The molecule has 0 amide bonds. The Kier molecular flexibility index (Phi) is 3.11. The normalized spacial score (nSPS) is 12.1. The molecule has 0 aliphatic carbocycles. The van der Waals surface area contributed by atoms with Crippen LogP contribution in [-0.2, 0) is 10.0 Å². The van der Waals surface area contributed by atoms with Crippen LogP contribution in [0.25, 0.3) is 0 Å². The number of sulfonamides is 1. The second kappa shape index (κ2) is 3.86. The highest BCUT2D eigenvalue weighted by atomic mass is 32.2. The van der Waals surface area contributed by atoms with E-state index in [1.165, 1.54) is 0 Å². The number of nitrogens with two attached hydrogens (primary N) is 1. The molecule has 0 spiro atoms. The van der Waals surface area contributed by atoms with E-state index in [1.807, 2.05) is 0 Å². The van der Waals surface area contributed by atoms with Crippen molar-refractivity contribution < 1.29 is 17.2 Å². The summed E-state index contributed by atoms with van der Waals surface area (Å²) in [5.41, 5.74) is 0.177. The van der Waals surface area contributed by atoms with Gasteiger partial charge in [0.15, 0.2) is 11.6 Å². The Balaban J connectivity index is 3.56. The summed E-state index contributed by atoms with van der Waals surface area (Å²) < 4.78 is 48.0. The summed E-state index contributed by atoms with van der Waals surface area (Å²) in [7, 11) is -4.02. The van der Waals surface area contributed by atoms with Gasteiger partial charge in [-0.3, -0.25) is 0 Å². The maximum absolute atomic E-state index is 12.9. The van der Waals surface area contributed by atoms with Crippen molar-refractivity contribution in [2.24, 2.45) is 5.14 Å². The smallest absolute Gasteiger partial charge is 0.225 e. The van der Waals surface area contributed by atoms with Gasteiger partial charge in [-0.15, -0.1) is 0 Å². The minimum atomic E-state index is -4.02. The van der Waals surface area contributed by atoms with Gasteiger partial charge in [-0.05, 0) is 23.6 Å². The average molecular weight is 235 g/mol. The quantitative estimate of drug-likeness (QED) is 0.848. The number of benzene rings is 1. The zero-order valence-electron chi connectivity index (χ0n) is 8.29. The minimum Gasteiger partial charge on any atom is -0.225 e. The molecule has 2 N–H and O–H groups in total. The molecule has 0 aliphatic heterocycles. The van der Waals surface area contributed by atoms with Crippen LogP contribution in [0.3, 0.4) is 0 Å². The third-order valence-corrected chi connectivity index (χ3v) is 2.95. The van der Waals surface area contributed by atoms with Crippen molar-refractivity contribution >= 4 is 10.0 Å². The van der Waals surface area contributed by atoms with Gasteiger partial charge in [0.2, 0.25) is 10.0 Å². The molecule has 0 aromatic heterocycles. The first kappa shape index (κ1) is 12.1. The van der Waals surface area contributed by atoms with Crippen LogP contribution in [0.15, 0.2) is 17.0 Å². The predicted molar refractivity (Wildman–Crippen MR) is 51.8 cm³/mol. The number of halogens is 2. The summed E-state index contributed by atoms with van der Waals surface area (Å²) in [6, 6.07) is 1.47. The lowest BCUT2D eigenvalue weighted by Gasteiger charge is -2.11. The molecular formula is C9H11F2NO2S. The van der Waals surface area contributed by atoms with Crippen LogP contribution in [0, 0.1) is 11.6 Å². The van der Waals surface area contributed by atoms with Crippen LogP contribution in [-0.4, -0.2) is 8.42 Å². The highest BCUT2D eigenvalue weighted by Crippen LogP contribution is 2.25. The van der Waals surface area contributed by atoms with Gasteiger partial charge in [-0.1, -0.05) is 13.8 Å². The molecule has 6 heteroatoms. The molecule has 15 heavy (non-hydrogen) atoms. The average Bonchev–Trinajstić information content (AvgIpc) is 2.06. The maximum Gasteiger partial charge on any atom is 0.238 e. The largest absolute Gasteiger partial charge is 0.238 e. The fraction of sp³-hybridized carbons (Fsp3) is 0.333. The molecule has 0 bridgehead atoms. The van der Waals surface area contributed by atoms with Gasteiger partial charge in [0.25, 0.3) is 0 Å². The molecule has 0 fully saturated rings. The standard InChI is InChI=1S/C9H11F2NO2S/c1-5(2)6-3-7(10)8(11)4-9(6)15(12,13)14/h3-5H,1-2H3,(H2,12,13,14). The van der Waals surface area contributed by atoms with Gasteiger partial charge in [-0.25, -0.2) is 22.3 Å². The predicted octanol–water partition coefficient (Wildman–Crippen LogP) is 1.74. The summed E-state index contributed by atoms with van der Waals surface area (Å²) >= 11 is 0. The molecule has 0 atom stereocenters. The van der Waals surface area contributed by atoms with Crippen molar-refractivity contribution in [2.75, 3.05) is 0 Å². The molecule has 0 aliphatic rings. The van der Waals surface area contributed by atoms with Crippen molar-refractivity contribution in [3.63, 3.8) is 0 Å². The summed E-state index contributed by atoms with van der Waals surface area (Å²) in [4.78, 5) is -0.364. The third-order valence-electron chi connectivity index (χ3n) is 1.98. The van der Waals surface area contributed by atoms with E-state index in [1.54, 1.807) is 13.8 Å². The first-order chi connectivity index (χ1) is 6.73. The Morgan fingerprint density at radius 1 is 1.20 bits per heavy atom. The molecule has 0 unspecified atom stereocenters. The van der Waals surface area contributed by atoms with Crippen LogP contribution in [0.5, 0.6) is 0 Å². The van der Waals surface area contributed by atoms with Crippen molar-refractivity contribution in [1.29, 1.82) is 0 Å². The number of primary sulfonamides is 1. The fourth-order valence-corrected chi connectivity index (χ4v) is 2.13. The summed E-state index contributed by atoms with van der Waals surface area (Å²) in [6.07, 6.45) is 0. The Hall–Kier alpha value is -1.01. The van der Waals surface area contributed by atoms with Crippen LogP contribution < -0.4 is 5.14 Å². The van der Waals surface area contributed by atoms with Crippen molar-refractivity contribution in [1.82, 2.24) is 0 Å². The third kappa shape index (κ3) is 2.51. The minimum absolute atomic E-state index is 0.177. The molecule has 3 nitrogen and oxygen atoms in total. The SMILES string of the molecule is CC(C)c1cc(F)c(F)cc1S(N)(=O)=O. The second-order valence-electron chi connectivity index (χ2n) is 3.50. The topological polar surface area (TPSA) is 60.2 Å². The van der Waals surface area contributed by atoms with Crippen molar-refractivity contribution in [3.05, 3.63) is 29.3 Å². The highest BCUT2D eigenvalue weighted by molar-refractivity contribution is 7.89. The van der Waals surface area contributed by atoms with Gasteiger partial charge >= 0.3 is 0 Å². The molecule has 84 valence electrons. The van der Waals surface area contributed by atoms with Crippen LogP contribution in [0.2, 0.25) is 0 Å². The highest BCUT2D eigenvalue weighted by Gasteiger charge is 2.19. The van der Waals surface area contributed by atoms with Gasteiger partial charge in [-0.2, -0.15) is 0 Å². The zero-order valence-corrected chi connectivity index (χ0v) is 9.11. The van der Waals surface area contributed by atoms with E-state index in [0.717, 1.165) is 6.07 Å². The molecule has 0 heterocycles. The van der Waals surface area contributed by atoms with Gasteiger partial charge < -0.3 is 0 Å². The van der Waals surface area contributed by atoms with E-state index in [2.05, 4.69) is 0 Å². The Morgan fingerprint density at radius 3 is 2.07 bits per heavy atom. The lowest BCUT2D eigenvalue weighted by Crippen LogP contribution is -2.16. The van der Waals surface area contributed by atoms with E-state index in [0.29, 0.717) is 6.07 Å². The summed E-state index contributed by atoms with van der Waals surface area (Å²) in [6.45, 7) is 3.34. The van der Waals surface area contributed by atoms with E-state index in [4.69, 9.17) is 5.14 Å². The Bertz CT molecular complexity index is 483. The maximum atomic E-state index is 12.9. The summed E-state index contributed by atoms with van der Waals surface area (Å²) in [5, 5.41) is 4.90. The number of hydrogen-bond donors (Lipinski definition) is 1. The summed E-state index contributed by atoms with van der Waals surface area (Å²) in [5.74, 6) is -2.55. The van der Waals surface area contributed by atoms with E-state index in [-0.39, 0.29) is 16.4 Å². The zero-order chi connectivity index (χ0) is 11.8. The van der Waals surface area contributed by atoms with E-state index in [9.17, 15) is 17.2 Å². The fourth-order valence-electron chi connectivity index (χ4n) is 1.24. The van der Waals surface area contributed by atoms with Gasteiger partial charge in [0.1, 0.15) is 0 Å². The van der Waals surface area contributed by atoms with Gasteiger partial charge in [0, 0.05) is 0 Å². The van der Waals surface area contributed by atoms with E-state index >= 15 is 0 Å². The molecule has 1 aromatic rings. The Morgan fingerprint density at radius 2 is 1.67 bits per heavy atom. The second-order valence-corrected chi connectivity index (χ2v) is 5.03. The Labute approximate surface area is 87.0 Å². The van der Waals surface area contributed by atoms with Crippen LogP contribution >= 0.6 is 0 Å². The molecular weight excluding hydrogens is 224 g/mol. The van der Waals surface area contributed by atoms with Crippen LogP contribution in [0.4, 0.5) is 8.78 Å². The number of rotatable bonds is 2. The van der Waals surface area contributed by atoms with Gasteiger partial charge in [0.05, 0.1) is 4.90 Å². The molecule has 0 radical (unpaired) electrons. The van der Waals surface area contributed by atoms with E-state index < -0.39 is 21.7 Å². The first-order valence-corrected chi connectivity index (χ1v) is 5.80. The van der Waals surface area contributed by atoms with Crippen molar-refractivity contribution in [3.8, 4) is 0 Å². The molecule has 0 saturated carbocycles. The lowest BCUT2D eigenvalue weighted by atomic mass is 10.0. The number of hydrogen-bond acceptors (Lipinski definition) is 2. The monoisotopic (exact) mass is 235 g/mol. The molecule has 1 rings (SSSR count). The molecule has 0 saturated heterocycles. The lowest BCUT2D eigenvalue weighted by molar-refractivity contribution is 0.500. The first-order valence-electron chi connectivity index (χ1n) is 4.25. The van der Waals surface area contributed by atoms with Crippen molar-refractivity contribution in [2.45, 2.75) is 24.7 Å². The van der Waals surface area contributed by atoms with Crippen LogP contribution in [0.1, 0.15) is 25.3 Å². The molecule has 1 aromatic carbocycles.